The third-order valence-electron chi connectivity index (χ3n) is 6.92. The molecule has 1 amide bonds. The summed E-state index contributed by atoms with van der Waals surface area (Å²) in [5, 5.41) is 7.88. The maximum Gasteiger partial charge on any atom is 0.267 e. The normalized spacial score (nSPS) is 13.8. The first-order valence-corrected chi connectivity index (χ1v) is 14.3. The first-order valence-electron chi connectivity index (χ1n) is 12.8. The lowest BCUT2D eigenvalue weighted by molar-refractivity contribution is -0.140. The molecule has 1 saturated heterocycles. The predicted molar refractivity (Wildman–Crippen MR) is 146 cm³/mol. The smallest absolute Gasteiger partial charge is 0.267 e. The number of likely N-dealkylation sites (tertiary alicyclic amines) is 1. The van der Waals surface area contributed by atoms with Gasteiger partial charge in [0.25, 0.3) is 10.0 Å². The van der Waals surface area contributed by atoms with Crippen molar-refractivity contribution < 1.29 is 22.5 Å². The molecule has 13 heteroatoms. The molecular formula is C27H31N7O5S. The summed E-state index contributed by atoms with van der Waals surface area (Å²) in [7, 11) is -2.35. The molecule has 0 bridgehead atoms. The lowest BCUT2D eigenvalue weighted by Gasteiger charge is -2.38. The van der Waals surface area contributed by atoms with E-state index in [0.717, 1.165) is 33.7 Å². The fourth-order valence-electron chi connectivity index (χ4n) is 4.73. The van der Waals surface area contributed by atoms with E-state index in [1.807, 2.05) is 45.9 Å². The number of amides is 1. The predicted octanol–water partition coefficient (Wildman–Crippen LogP) is 3.12. The number of carbonyl (C=O) groups excluding carboxylic acids is 1. The number of anilines is 1. The molecule has 0 saturated carbocycles. The molecule has 0 spiro atoms. The summed E-state index contributed by atoms with van der Waals surface area (Å²) in [6.07, 6.45) is 3.27. The van der Waals surface area contributed by atoms with E-state index in [-0.39, 0.29) is 28.7 Å². The molecular weight excluding hydrogens is 534 g/mol. The average Bonchev–Trinajstić information content (AvgIpc) is 3.44. The van der Waals surface area contributed by atoms with Gasteiger partial charge < -0.3 is 14.2 Å². The summed E-state index contributed by atoms with van der Waals surface area (Å²) in [5.41, 5.74) is 5.10. The summed E-state index contributed by atoms with van der Waals surface area (Å²) in [4.78, 5) is 23.3. The number of nitrogens with one attached hydrogen (secondary N) is 1. The topological polar surface area (TPSA) is 145 Å². The molecule has 40 heavy (non-hydrogen) atoms. The van der Waals surface area contributed by atoms with Crippen LogP contribution in [0.15, 0.2) is 46.1 Å². The molecule has 0 atom stereocenters. The minimum atomic E-state index is -3.98. The van der Waals surface area contributed by atoms with Crippen LogP contribution in [0.3, 0.4) is 0 Å². The third-order valence-corrected chi connectivity index (χ3v) is 8.20. The standard InChI is InChI=1S/C27H31N7O5S/c1-16-7-6-8-17(2)26(16)23-11-24(30-27(29-23)32-40(36,37)21-12-28-33(5)15-21)38-20-13-34(14-20)25(35)10-9-22-18(3)31-39-19(22)4/h6-8,11-12,15,20H,9-10,13-14H2,1-5H3,(H,29,30,32). The zero-order valence-electron chi connectivity index (χ0n) is 23.0. The van der Waals surface area contributed by atoms with Crippen molar-refractivity contribution in [3.05, 3.63) is 64.8 Å². The Balaban J connectivity index is 1.33. The number of hydrogen-bond donors (Lipinski definition) is 1. The number of rotatable bonds is 9. The summed E-state index contributed by atoms with van der Waals surface area (Å²) in [6.45, 7) is 8.43. The highest BCUT2D eigenvalue weighted by molar-refractivity contribution is 7.92. The Labute approximate surface area is 232 Å². The van der Waals surface area contributed by atoms with Gasteiger partial charge >= 0.3 is 0 Å². The van der Waals surface area contributed by atoms with Crippen LogP contribution in [-0.4, -0.2) is 63.3 Å². The van der Waals surface area contributed by atoms with Crippen molar-refractivity contribution in [1.82, 2.24) is 29.8 Å². The second-order valence-corrected chi connectivity index (χ2v) is 11.7. The number of sulfonamides is 1. The minimum absolute atomic E-state index is 0.0109. The number of aromatic nitrogens is 5. The second-order valence-electron chi connectivity index (χ2n) is 9.98. The maximum absolute atomic E-state index is 13.0. The van der Waals surface area contributed by atoms with E-state index in [0.29, 0.717) is 31.6 Å². The van der Waals surface area contributed by atoms with Crippen LogP contribution in [0, 0.1) is 27.7 Å². The van der Waals surface area contributed by atoms with Crippen molar-refractivity contribution in [2.45, 2.75) is 51.5 Å². The van der Waals surface area contributed by atoms with Gasteiger partial charge in [0.1, 0.15) is 16.8 Å². The molecule has 5 rings (SSSR count). The molecule has 0 aliphatic carbocycles. The summed E-state index contributed by atoms with van der Waals surface area (Å²) in [6, 6.07) is 7.56. The highest BCUT2D eigenvalue weighted by atomic mass is 32.2. The molecule has 0 radical (unpaired) electrons. The van der Waals surface area contributed by atoms with Gasteiger partial charge in [0.15, 0.2) is 0 Å². The molecule has 210 valence electrons. The van der Waals surface area contributed by atoms with Gasteiger partial charge in [-0.15, -0.1) is 0 Å². The van der Waals surface area contributed by atoms with Crippen molar-refractivity contribution >= 4 is 21.9 Å². The molecule has 0 unspecified atom stereocenters. The first-order chi connectivity index (χ1) is 19.0. The van der Waals surface area contributed by atoms with Gasteiger partial charge in [0.2, 0.25) is 17.7 Å². The van der Waals surface area contributed by atoms with E-state index >= 15 is 0 Å². The highest BCUT2D eigenvalue weighted by Crippen LogP contribution is 2.30. The molecule has 4 heterocycles. The lowest BCUT2D eigenvalue weighted by Crippen LogP contribution is -2.56. The number of ether oxygens (including phenoxy) is 1. The monoisotopic (exact) mass is 565 g/mol. The van der Waals surface area contributed by atoms with Crippen LogP contribution in [0.1, 0.15) is 34.6 Å². The van der Waals surface area contributed by atoms with E-state index < -0.39 is 10.0 Å². The SMILES string of the molecule is Cc1cccc(C)c1-c1cc(OC2CN(C(=O)CCc3c(C)noc3C)C2)nc(NS(=O)(=O)c2cnn(C)c2)n1. The third kappa shape index (κ3) is 5.69. The Morgan fingerprint density at radius 1 is 1.15 bits per heavy atom. The van der Waals surface area contributed by atoms with Crippen molar-refractivity contribution in [2.75, 3.05) is 17.8 Å². The molecule has 3 aromatic heterocycles. The average molecular weight is 566 g/mol. The molecule has 1 aliphatic rings. The first kappa shape index (κ1) is 27.3. The van der Waals surface area contributed by atoms with Crippen molar-refractivity contribution in [3.63, 3.8) is 0 Å². The number of nitrogens with zero attached hydrogens (tertiary/aromatic N) is 6. The Bertz CT molecular complexity index is 1630. The molecule has 12 nitrogen and oxygen atoms in total. The van der Waals surface area contributed by atoms with E-state index in [2.05, 4.69) is 24.9 Å². The fourth-order valence-corrected chi connectivity index (χ4v) is 5.66. The van der Waals surface area contributed by atoms with Gasteiger partial charge in [-0.1, -0.05) is 23.4 Å². The van der Waals surface area contributed by atoms with Crippen LogP contribution in [-0.2, 0) is 28.3 Å². The number of benzene rings is 1. The minimum Gasteiger partial charge on any atom is -0.470 e. The van der Waals surface area contributed by atoms with Gasteiger partial charge in [-0.2, -0.15) is 10.1 Å². The van der Waals surface area contributed by atoms with Crippen LogP contribution < -0.4 is 9.46 Å². The largest absolute Gasteiger partial charge is 0.470 e. The van der Waals surface area contributed by atoms with Gasteiger partial charge in [0.05, 0.1) is 30.7 Å². The van der Waals surface area contributed by atoms with Crippen molar-refractivity contribution in [2.24, 2.45) is 7.05 Å². The zero-order valence-corrected chi connectivity index (χ0v) is 23.8. The summed E-state index contributed by atoms with van der Waals surface area (Å²) >= 11 is 0. The van der Waals surface area contributed by atoms with E-state index in [1.54, 1.807) is 18.0 Å². The maximum atomic E-state index is 13.0. The molecule has 1 fully saturated rings. The fraction of sp³-hybridized carbons (Fsp3) is 0.370. The van der Waals surface area contributed by atoms with Crippen LogP contribution in [0.2, 0.25) is 0 Å². The van der Waals surface area contributed by atoms with E-state index in [4.69, 9.17) is 9.26 Å². The van der Waals surface area contributed by atoms with Crippen LogP contribution >= 0.6 is 0 Å². The Morgan fingerprint density at radius 2 is 1.88 bits per heavy atom. The summed E-state index contributed by atoms with van der Waals surface area (Å²) < 4.78 is 41.1. The Kier molecular flexibility index (Phi) is 7.32. The number of aryl methyl sites for hydroxylation is 5. The Hall–Kier alpha value is -4.26. The van der Waals surface area contributed by atoms with Crippen LogP contribution in [0.4, 0.5) is 5.95 Å². The highest BCUT2D eigenvalue weighted by Gasteiger charge is 2.33. The van der Waals surface area contributed by atoms with Crippen LogP contribution in [0.5, 0.6) is 5.88 Å². The lowest BCUT2D eigenvalue weighted by atomic mass is 10.00. The second kappa shape index (κ2) is 10.7. The van der Waals surface area contributed by atoms with Gasteiger partial charge in [-0.25, -0.2) is 18.1 Å². The van der Waals surface area contributed by atoms with E-state index in [1.165, 1.54) is 17.1 Å². The van der Waals surface area contributed by atoms with Gasteiger partial charge in [-0.3, -0.25) is 9.48 Å². The quantitative estimate of drug-likeness (QED) is 0.323. The molecule has 4 aromatic rings. The number of hydrogen-bond acceptors (Lipinski definition) is 9. The van der Waals surface area contributed by atoms with Gasteiger partial charge in [0, 0.05) is 36.9 Å². The van der Waals surface area contributed by atoms with Crippen LogP contribution in [0.25, 0.3) is 11.3 Å². The molecule has 1 aromatic carbocycles. The van der Waals surface area contributed by atoms with E-state index in [9.17, 15) is 13.2 Å². The zero-order chi connectivity index (χ0) is 28.6. The Morgan fingerprint density at radius 3 is 2.50 bits per heavy atom. The van der Waals surface area contributed by atoms with Gasteiger partial charge in [-0.05, 0) is 45.2 Å². The molecule has 1 aliphatic heterocycles. The number of carbonyl (C=O) groups is 1. The molecule has 1 N–H and O–H groups in total. The van der Waals surface area contributed by atoms with Crippen molar-refractivity contribution in [3.8, 4) is 17.1 Å². The van der Waals surface area contributed by atoms with Crippen molar-refractivity contribution in [1.29, 1.82) is 0 Å². The summed E-state index contributed by atoms with van der Waals surface area (Å²) in [5.74, 6) is 0.840.